The van der Waals surface area contributed by atoms with Crippen molar-refractivity contribution in [3.05, 3.63) is 44.3 Å². The fraction of sp³-hybridized carbons (Fsp3) is 0.167. The molecule has 5 nitrogen and oxygen atoms in total. The molecule has 0 aliphatic carbocycles. The summed E-state index contributed by atoms with van der Waals surface area (Å²) in [5.74, 6) is 0.175. The first-order valence-electron chi connectivity index (χ1n) is 4.90. The van der Waals surface area contributed by atoms with Gasteiger partial charge in [-0.2, -0.15) is 6.42 Å². The molecule has 18 heavy (non-hydrogen) atoms. The summed E-state index contributed by atoms with van der Waals surface area (Å²) in [6.07, 6.45) is 0.656. The predicted molar refractivity (Wildman–Crippen MR) is 65.7 cm³/mol. The Bertz CT molecular complexity index is 329. The van der Waals surface area contributed by atoms with Crippen LogP contribution < -0.4 is 10.6 Å². The second kappa shape index (κ2) is 13.4. The van der Waals surface area contributed by atoms with Gasteiger partial charge >= 0.3 is 25.6 Å². The Morgan fingerprint density at radius 3 is 2.28 bits per heavy atom. The zero-order chi connectivity index (χ0) is 14.4. The number of phenolic OH excluding ortho intramolecular Hbond substituents is 1. The normalized spacial score (nSPS) is 7.89. The average molecular weight is 295 g/mol. The summed E-state index contributed by atoms with van der Waals surface area (Å²) in [5, 5.41) is 14.2. The van der Waals surface area contributed by atoms with Crippen molar-refractivity contribution in [3.8, 4) is 5.75 Å². The number of hydrogen-bond acceptors (Lipinski definition) is 3. The third-order valence-corrected chi connectivity index (χ3v) is 1.59. The van der Waals surface area contributed by atoms with E-state index in [0.717, 1.165) is 0 Å². The zero-order valence-electron chi connectivity index (χ0n) is 9.81. The molecule has 6 heteroatoms. The van der Waals surface area contributed by atoms with Crippen molar-refractivity contribution < 1.29 is 29.4 Å². The molecular weight excluding hydrogens is 279 g/mol. The van der Waals surface area contributed by atoms with Gasteiger partial charge < -0.3 is 29.2 Å². The molecule has 0 heterocycles. The number of urea groups is 1. The van der Waals surface area contributed by atoms with Crippen LogP contribution in [-0.4, -0.2) is 17.7 Å². The van der Waals surface area contributed by atoms with Crippen molar-refractivity contribution in [3.63, 3.8) is 0 Å². The van der Waals surface area contributed by atoms with Crippen LogP contribution in [0.3, 0.4) is 0 Å². The first-order chi connectivity index (χ1) is 8.72. The fourth-order valence-corrected chi connectivity index (χ4v) is 0.922. The standard InChI is InChI=1S/C10H13N2O2.C2H3.Co.O/c1-2-7-11-10(14)12-8-3-5-9(13)6-4-8;1-2;;/h3-6,13H,1-2,7H2,(H2,11,12,14);1H,2H2;;/q2*-1;;. The summed E-state index contributed by atoms with van der Waals surface area (Å²) in [6, 6.07) is 6.01. The van der Waals surface area contributed by atoms with E-state index in [4.69, 9.17) is 8.97 Å². The van der Waals surface area contributed by atoms with Gasteiger partial charge in [0.2, 0.25) is 0 Å². The number of rotatable bonds is 3. The molecule has 3 N–H and O–H groups in total. The first-order valence-corrected chi connectivity index (χ1v) is 5.32. The molecule has 2 amide bonds. The van der Waals surface area contributed by atoms with Gasteiger partial charge in [-0.05, 0) is 30.8 Å². The molecule has 0 bridgehead atoms. The molecule has 1 aromatic carbocycles. The van der Waals surface area contributed by atoms with E-state index < -0.39 is 0 Å². The van der Waals surface area contributed by atoms with Crippen molar-refractivity contribution >= 4 is 11.7 Å². The third-order valence-electron chi connectivity index (χ3n) is 1.59. The zero-order valence-corrected chi connectivity index (χ0v) is 10.9. The average Bonchev–Trinajstić information content (AvgIpc) is 2.43. The van der Waals surface area contributed by atoms with E-state index in [9.17, 15) is 4.79 Å². The minimum atomic E-state index is -0.265. The molecule has 1 aromatic rings. The monoisotopic (exact) mass is 295 g/mol. The van der Waals surface area contributed by atoms with Gasteiger partial charge in [-0.15, -0.1) is 0 Å². The topological polar surface area (TPSA) is 78.4 Å². The van der Waals surface area contributed by atoms with Crippen molar-refractivity contribution in [2.24, 2.45) is 0 Å². The summed E-state index contributed by atoms with van der Waals surface area (Å²) in [7, 11) is 0. The van der Waals surface area contributed by atoms with E-state index in [1.165, 1.54) is 12.1 Å². The molecule has 0 aromatic heterocycles. The van der Waals surface area contributed by atoms with Gasteiger partial charge in [-0.3, -0.25) is 6.58 Å². The van der Waals surface area contributed by atoms with Gasteiger partial charge in [0.25, 0.3) is 0 Å². The van der Waals surface area contributed by atoms with Crippen LogP contribution in [0.1, 0.15) is 6.42 Å². The molecule has 103 valence electrons. The van der Waals surface area contributed by atoms with Crippen molar-refractivity contribution in [1.82, 2.24) is 5.32 Å². The molecular formula is C12H16CoN2O3-2. The maximum atomic E-state index is 11.1. The Balaban J connectivity index is 0. The third kappa shape index (κ3) is 9.55. The van der Waals surface area contributed by atoms with E-state index >= 15 is 0 Å². The summed E-state index contributed by atoms with van der Waals surface area (Å²) >= 11 is 2.31. The number of benzene rings is 1. The second-order valence-electron chi connectivity index (χ2n) is 2.78. The number of hydrogen-bond donors (Lipinski definition) is 3. The predicted octanol–water partition coefficient (Wildman–Crippen LogP) is 2.22. The van der Waals surface area contributed by atoms with E-state index in [1.807, 2.05) is 0 Å². The number of carbonyl (C=O) groups is 1. The first kappa shape index (κ1) is 18.7. The van der Waals surface area contributed by atoms with Crippen LogP contribution >= 0.6 is 0 Å². The van der Waals surface area contributed by atoms with Crippen LogP contribution in [0.5, 0.6) is 5.75 Å². The van der Waals surface area contributed by atoms with Gasteiger partial charge in [0.1, 0.15) is 5.75 Å². The number of nitrogens with one attached hydrogen (secondary N) is 2. The molecule has 0 fully saturated rings. The van der Waals surface area contributed by atoms with E-state index in [-0.39, 0.29) is 11.8 Å². The van der Waals surface area contributed by atoms with E-state index in [0.29, 0.717) is 18.7 Å². The molecule has 1 rings (SSSR count). The molecule has 0 saturated carbocycles. The number of amides is 2. The summed E-state index contributed by atoms with van der Waals surface area (Å²) in [5.41, 5.74) is 0.643. The van der Waals surface area contributed by atoms with E-state index in [2.05, 4.69) is 46.4 Å². The molecule has 0 saturated heterocycles. The number of phenols is 1. The Morgan fingerprint density at radius 1 is 1.33 bits per heavy atom. The van der Waals surface area contributed by atoms with Crippen LogP contribution in [0.2, 0.25) is 0 Å². The van der Waals surface area contributed by atoms with Crippen molar-refractivity contribution in [2.75, 3.05) is 11.9 Å². The van der Waals surface area contributed by atoms with Crippen LogP contribution in [0.15, 0.2) is 30.8 Å². The van der Waals surface area contributed by atoms with Crippen molar-refractivity contribution in [1.29, 1.82) is 0 Å². The van der Waals surface area contributed by atoms with Gasteiger partial charge in [0.15, 0.2) is 0 Å². The summed E-state index contributed by atoms with van der Waals surface area (Å²) < 4.78 is 7.94. The Kier molecular flexibility index (Phi) is 13.9. The van der Waals surface area contributed by atoms with Gasteiger partial charge in [0, 0.05) is 5.69 Å². The minimum absolute atomic E-state index is 0.175. The number of carbonyl (C=O) groups excluding carboxylic acids is 1. The van der Waals surface area contributed by atoms with Crippen LogP contribution in [0, 0.1) is 13.5 Å². The number of anilines is 1. The summed E-state index contributed by atoms with van der Waals surface area (Å²) in [4.78, 5) is 11.1. The molecule has 0 atom stereocenters. The Morgan fingerprint density at radius 2 is 1.83 bits per heavy atom. The Labute approximate surface area is 115 Å². The molecule has 0 aliphatic rings. The molecule has 0 spiro atoms. The fourth-order valence-electron chi connectivity index (χ4n) is 0.922. The van der Waals surface area contributed by atoms with Crippen LogP contribution in [0.25, 0.3) is 0 Å². The van der Waals surface area contributed by atoms with Crippen LogP contribution in [-0.2, 0) is 19.5 Å². The van der Waals surface area contributed by atoms with Gasteiger partial charge in [-0.25, -0.2) is 4.79 Å². The summed E-state index contributed by atoms with van der Waals surface area (Å²) in [6.45, 7) is 11.1. The van der Waals surface area contributed by atoms with Crippen LogP contribution in [0.4, 0.5) is 10.5 Å². The number of aromatic hydroxyl groups is 1. The molecule has 0 aliphatic heterocycles. The van der Waals surface area contributed by atoms with Crippen molar-refractivity contribution in [2.45, 2.75) is 6.42 Å². The molecule has 0 radical (unpaired) electrons. The Hall–Kier alpha value is -1.66. The van der Waals surface area contributed by atoms with E-state index in [1.54, 1.807) is 12.1 Å². The quantitative estimate of drug-likeness (QED) is 0.591. The maximum absolute atomic E-state index is 11.1. The van der Waals surface area contributed by atoms with Gasteiger partial charge in [0.05, 0.1) is 0 Å². The SMILES string of the molecule is [CH-]=C.[CH2-]CCNC(=O)Nc1ccc(O)cc1.[O]=[Co]. The second-order valence-corrected chi connectivity index (χ2v) is 2.78. The van der Waals surface area contributed by atoms with Gasteiger partial charge in [-0.1, -0.05) is 0 Å². The molecule has 0 unspecified atom stereocenters.